The van der Waals surface area contributed by atoms with Crippen molar-refractivity contribution in [1.82, 2.24) is 9.88 Å². The Balaban J connectivity index is 1.62. The molecule has 4 nitrogen and oxygen atoms in total. The van der Waals surface area contributed by atoms with E-state index in [2.05, 4.69) is 4.98 Å². The lowest BCUT2D eigenvalue weighted by Crippen LogP contribution is -2.37. The second-order valence-electron chi connectivity index (χ2n) is 6.53. The number of likely N-dealkylation sites (tertiary alicyclic amines) is 1. The molecule has 1 amide bonds. The minimum atomic E-state index is -0.523. The van der Waals surface area contributed by atoms with Crippen LogP contribution in [0.25, 0.3) is 0 Å². The van der Waals surface area contributed by atoms with E-state index in [-0.39, 0.29) is 11.9 Å². The third kappa shape index (κ3) is 4.01. The molecule has 2 atom stereocenters. The van der Waals surface area contributed by atoms with Gasteiger partial charge in [-0.15, -0.1) is 0 Å². The molecular weight excluding hydrogens is 300 g/mol. The number of nitrogens with zero attached hydrogens (tertiary/aromatic N) is 2. The lowest BCUT2D eigenvalue weighted by atomic mass is 10.0. The summed E-state index contributed by atoms with van der Waals surface area (Å²) in [5, 5.41) is 10.5. The van der Waals surface area contributed by atoms with Crippen molar-refractivity contribution < 1.29 is 9.90 Å². The Morgan fingerprint density at radius 2 is 2.08 bits per heavy atom. The Labute approximate surface area is 143 Å². The van der Waals surface area contributed by atoms with E-state index < -0.39 is 6.10 Å². The van der Waals surface area contributed by atoms with Gasteiger partial charge in [0.05, 0.1) is 12.5 Å². The maximum Gasteiger partial charge on any atom is 0.227 e. The molecule has 0 aliphatic carbocycles. The summed E-state index contributed by atoms with van der Waals surface area (Å²) in [6.07, 6.45) is 4.20. The summed E-state index contributed by atoms with van der Waals surface area (Å²) in [5.74, 6) is 0.128. The minimum absolute atomic E-state index is 0.117. The van der Waals surface area contributed by atoms with E-state index in [9.17, 15) is 9.90 Å². The highest BCUT2D eigenvalue weighted by Gasteiger charge is 2.30. The highest BCUT2D eigenvalue weighted by atomic mass is 16.3. The van der Waals surface area contributed by atoms with Gasteiger partial charge in [-0.1, -0.05) is 36.4 Å². The van der Waals surface area contributed by atoms with Crippen molar-refractivity contribution >= 4 is 5.91 Å². The third-order valence-corrected chi connectivity index (χ3v) is 4.71. The third-order valence-electron chi connectivity index (χ3n) is 4.71. The van der Waals surface area contributed by atoms with Crippen LogP contribution in [-0.4, -0.2) is 33.5 Å². The number of hydrogen-bond acceptors (Lipinski definition) is 3. The number of amides is 1. The van der Waals surface area contributed by atoms with Gasteiger partial charge in [0.2, 0.25) is 5.91 Å². The molecule has 24 heavy (non-hydrogen) atoms. The Bertz CT molecular complexity index is 670. The second-order valence-corrected chi connectivity index (χ2v) is 6.53. The zero-order valence-electron chi connectivity index (χ0n) is 14.1. The molecule has 4 heteroatoms. The molecule has 1 fully saturated rings. The molecule has 2 heterocycles. The van der Waals surface area contributed by atoms with Crippen molar-refractivity contribution in [2.75, 3.05) is 6.54 Å². The maximum absolute atomic E-state index is 12.6. The Kier molecular flexibility index (Phi) is 5.26. The largest absolute Gasteiger partial charge is 0.388 e. The summed E-state index contributed by atoms with van der Waals surface area (Å²) in [5.41, 5.74) is 2.82. The Morgan fingerprint density at radius 3 is 2.79 bits per heavy atom. The number of carbonyl (C=O) groups is 1. The average Bonchev–Trinajstić information content (AvgIpc) is 3.06. The molecule has 1 aliphatic rings. The van der Waals surface area contributed by atoms with Crippen LogP contribution in [0.2, 0.25) is 0 Å². The summed E-state index contributed by atoms with van der Waals surface area (Å²) in [6, 6.07) is 13.7. The van der Waals surface area contributed by atoms with E-state index in [0.717, 1.165) is 36.2 Å². The van der Waals surface area contributed by atoms with E-state index in [0.29, 0.717) is 12.8 Å². The van der Waals surface area contributed by atoms with Crippen molar-refractivity contribution in [1.29, 1.82) is 0 Å². The van der Waals surface area contributed by atoms with Crippen LogP contribution in [0, 0.1) is 6.92 Å². The van der Waals surface area contributed by atoms with E-state index in [1.807, 2.05) is 54.3 Å². The summed E-state index contributed by atoms with van der Waals surface area (Å²) in [7, 11) is 0. The molecule has 3 rings (SSSR count). The number of rotatable bonds is 5. The van der Waals surface area contributed by atoms with E-state index in [1.165, 1.54) is 0 Å². The van der Waals surface area contributed by atoms with Gasteiger partial charge in [-0.05, 0) is 43.4 Å². The van der Waals surface area contributed by atoms with Gasteiger partial charge in [-0.2, -0.15) is 0 Å². The number of pyridine rings is 1. The molecule has 126 valence electrons. The predicted octanol–water partition coefficient (Wildman–Crippen LogP) is 3.05. The molecule has 1 aliphatic heterocycles. The lowest BCUT2D eigenvalue weighted by Gasteiger charge is -2.27. The SMILES string of the molecule is Cc1ccc(CC(=O)N2CCCC2CC(O)c2ccccc2)cn1. The smallest absolute Gasteiger partial charge is 0.227 e. The predicted molar refractivity (Wildman–Crippen MR) is 93.4 cm³/mol. The van der Waals surface area contributed by atoms with Crippen molar-refractivity contribution in [2.24, 2.45) is 0 Å². The molecular formula is C20H24N2O2. The van der Waals surface area contributed by atoms with Gasteiger partial charge in [-0.3, -0.25) is 9.78 Å². The minimum Gasteiger partial charge on any atom is -0.388 e. The van der Waals surface area contributed by atoms with Crippen molar-refractivity contribution in [3.8, 4) is 0 Å². The fourth-order valence-corrected chi connectivity index (χ4v) is 3.36. The highest BCUT2D eigenvalue weighted by molar-refractivity contribution is 5.79. The Hall–Kier alpha value is -2.20. The van der Waals surface area contributed by atoms with E-state index in [1.54, 1.807) is 6.20 Å². The van der Waals surface area contributed by atoms with Gasteiger partial charge in [0.15, 0.2) is 0 Å². The van der Waals surface area contributed by atoms with Crippen LogP contribution < -0.4 is 0 Å². The Morgan fingerprint density at radius 1 is 1.29 bits per heavy atom. The van der Waals surface area contributed by atoms with Gasteiger partial charge in [0.25, 0.3) is 0 Å². The first kappa shape index (κ1) is 16.7. The van der Waals surface area contributed by atoms with Crippen molar-refractivity contribution in [3.05, 3.63) is 65.5 Å². The summed E-state index contributed by atoms with van der Waals surface area (Å²) < 4.78 is 0. The van der Waals surface area contributed by atoms with Crippen LogP contribution in [0.5, 0.6) is 0 Å². The first-order valence-corrected chi connectivity index (χ1v) is 8.57. The van der Waals surface area contributed by atoms with Crippen LogP contribution in [0.15, 0.2) is 48.7 Å². The fourth-order valence-electron chi connectivity index (χ4n) is 3.36. The maximum atomic E-state index is 12.6. The molecule has 1 aromatic carbocycles. The number of benzene rings is 1. The quantitative estimate of drug-likeness (QED) is 0.920. The molecule has 0 saturated carbocycles. The molecule has 1 aromatic heterocycles. The van der Waals surface area contributed by atoms with Gasteiger partial charge >= 0.3 is 0 Å². The van der Waals surface area contributed by atoms with Gasteiger partial charge in [-0.25, -0.2) is 0 Å². The first-order valence-electron chi connectivity index (χ1n) is 8.57. The fraction of sp³-hybridized carbons (Fsp3) is 0.400. The molecule has 1 saturated heterocycles. The molecule has 0 bridgehead atoms. The summed E-state index contributed by atoms with van der Waals surface area (Å²) >= 11 is 0. The van der Waals surface area contributed by atoms with Crippen molar-refractivity contribution in [2.45, 2.75) is 44.8 Å². The van der Waals surface area contributed by atoms with Crippen LogP contribution in [0.1, 0.15) is 42.2 Å². The summed E-state index contributed by atoms with van der Waals surface area (Å²) in [6.45, 7) is 2.72. The van der Waals surface area contributed by atoms with Crippen LogP contribution in [0.4, 0.5) is 0 Å². The van der Waals surface area contributed by atoms with Crippen LogP contribution >= 0.6 is 0 Å². The number of carbonyl (C=O) groups excluding carboxylic acids is 1. The lowest BCUT2D eigenvalue weighted by molar-refractivity contribution is -0.131. The topological polar surface area (TPSA) is 53.4 Å². The normalized spacial score (nSPS) is 18.6. The monoisotopic (exact) mass is 324 g/mol. The summed E-state index contributed by atoms with van der Waals surface area (Å²) in [4.78, 5) is 18.8. The molecule has 0 spiro atoms. The second kappa shape index (κ2) is 7.58. The van der Waals surface area contributed by atoms with Gasteiger partial charge in [0.1, 0.15) is 0 Å². The van der Waals surface area contributed by atoms with E-state index >= 15 is 0 Å². The molecule has 2 aromatic rings. The molecule has 1 N–H and O–H groups in total. The number of aliphatic hydroxyl groups is 1. The van der Waals surface area contributed by atoms with Crippen molar-refractivity contribution in [3.63, 3.8) is 0 Å². The number of aliphatic hydroxyl groups excluding tert-OH is 1. The van der Waals surface area contributed by atoms with Gasteiger partial charge < -0.3 is 10.0 Å². The molecule has 2 unspecified atom stereocenters. The van der Waals surface area contributed by atoms with Crippen LogP contribution in [0.3, 0.4) is 0 Å². The molecule has 0 radical (unpaired) electrons. The van der Waals surface area contributed by atoms with E-state index in [4.69, 9.17) is 0 Å². The first-order chi connectivity index (χ1) is 11.6. The number of aromatic nitrogens is 1. The highest BCUT2D eigenvalue weighted by Crippen LogP contribution is 2.27. The number of hydrogen-bond donors (Lipinski definition) is 1. The number of aryl methyl sites for hydroxylation is 1. The van der Waals surface area contributed by atoms with Crippen LogP contribution in [-0.2, 0) is 11.2 Å². The zero-order chi connectivity index (χ0) is 16.9. The average molecular weight is 324 g/mol. The standard InChI is InChI=1S/C20H24N2O2/c1-15-9-10-16(14-21-15)12-20(24)22-11-5-8-18(22)13-19(23)17-6-3-2-4-7-17/h2-4,6-7,9-10,14,18-19,23H,5,8,11-13H2,1H3. The van der Waals surface area contributed by atoms with Gasteiger partial charge in [0, 0.05) is 24.5 Å². The zero-order valence-corrected chi connectivity index (χ0v) is 14.1.